The Morgan fingerprint density at radius 3 is 1.58 bits per heavy atom. The third-order valence-electron chi connectivity index (χ3n) is 8.93. The van der Waals surface area contributed by atoms with Crippen molar-refractivity contribution in [3.8, 4) is 0 Å². The lowest BCUT2D eigenvalue weighted by molar-refractivity contribution is -0.142. The number of aliphatic carboxylic acids is 4. The number of carbonyl (C=O) groups is 5. The molecule has 290 valence electrons. The first-order valence-corrected chi connectivity index (χ1v) is 18.0. The Balaban J connectivity index is 1.74. The molecule has 1 amide bonds. The fraction of sp³-hybridized carbons (Fsp3) is 0.514. The fourth-order valence-electron chi connectivity index (χ4n) is 6.21. The van der Waals surface area contributed by atoms with Crippen molar-refractivity contribution >= 4 is 46.9 Å². The first-order valence-electron chi connectivity index (χ1n) is 17.6. The summed E-state index contributed by atoms with van der Waals surface area (Å²) in [4.78, 5) is 69.1. The Hall–Kier alpha value is -4.32. The molecule has 0 saturated carbocycles. The highest BCUT2D eigenvalue weighted by molar-refractivity contribution is 7.80. The third-order valence-corrected chi connectivity index (χ3v) is 9.21. The zero-order valence-corrected chi connectivity index (χ0v) is 31.3. The quantitative estimate of drug-likeness (QED) is 0.133. The van der Waals surface area contributed by atoms with Gasteiger partial charge in [0, 0.05) is 88.2 Å². The minimum Gasteiger partial charge on any atom is -0.480 e. The zero-order valence-electron chi connectivity index (χ0n) is 30.5. The Morgan fingerprint density at radius 1 is 0.660 bits per heavy atom. The molecule has 1 aliphatic rings. The van der Waals surface area contributed by atoms with Crippen LogP contribution in [-0.2, 0) is 38.4 Å². The first kappa shape index (κ1) is 43.1. The number of nitrogens with zero attached hydrogens (tertiary/aromatic N) is 5. The van der Waals surface area contributed by atoms with Crippen molar-refractivity contribution in [2.75, 3.05) is 99.2 Å². The molecule has 0 aliphatic carbocycles. The lowest BCUT2D eigenvalue weighted by atomic mass is 9.99. The number of likely N-dealkylation sites (N-methyl/N-ethyl adjacent to an activating group) is 1. The summed E-state index contributed by atoms with van der Waals surface area (Å²) in [6.07, 6.45) is 1.50. The van der Waals surface area contributed by atoms with E-state index in [0.29, 0.717) is 31.4 Å². The summed E-state index contributed by atoms with van der Waals surface area (Å²) < 4.78 is 0. The number of nitrogens with one attached hydrogen (secondary N) is 1. The van der Waals surface area contributed by atoms with Gasteiger partial charge in [0.1, 0.15) is 0 Å². The van der Waals surface area contributed by atoms with Crippen LogP contribution in [0.15, 0.2) is 48.5 Å². The Bertz CT molecular complexity index is 1540. The number of thiocarbonyl (C=S) groups is 1. The monoisotopic (exact) mass is 756 g/mol. The van der Waals surface area contributed by atoms with Crippen molar-refractivity contribution in [3.05, 3.63) is 70.8 Å². The standard InChI is InChI=1S/C37H52N6O9S/c1-39(2)12-11-38-37(52)30-9-7-29(8-10-30)21-32(53)20-28-5-3-27(4-6-28)19-31-22-42(25-35(48)49)16-15-40(23-33(44)45)13-14-41(24-34(46)47)17-18-43(31)26-36(50)51/h3-10,31H,11-26H2,1-2H3,(H,38,52)(H,44,45)(H,46,47)(H,48,49)(H,50,51). The molecule has 0 radical (unpaired) electrons. The molecule has 2 aromatic carbocycles. The van der Waals surface area contributed by atoms with Gasteiger partial charge in [0.2, 0.25) is 0 Å². The predicted octanol–water partition coefficient (Wildman–Crippen LogP) is 0.604. The lowest BCUT2D eigenvalue weighted by Crippen LogP contribution is -2.53. The molecule has 0 spiro atoms. The van der Waals surface area contributed by atoms with Crippen molar-refractivity contribution in [2.45, 2.75) is 25.3 Å². The summed E-state index contributed by atoms with van der Waals surface area (Å²) in [6, 6.07) is 14.8. The lowest BCUT2D eigenvalue weighted by Gasteiger charge is -2.37. The molecule has 1 unspecified atom stereocenters. The molecule has 53 heavy (non-hydrogen) atoms. The molecule has 15 nitrogen and oxygen atoms in total. The van der Waals surface area contributed by atoms with E-state index in [9.17, 15) is 44.4 Å². The molecule has 3 rings (SSSR count). The highest BCUT2D eigenvalue weighted by atomic mass is 32.1. The predicted molar refractivity (Wildman–Crippen MR) is 203 cm³/mol. The van der Waals surface area contributed by atoms with Crippen molar-refractivity contribution in [3.63, 3.8) is 0 Å². The summed E-state index contributed by atoms with van der Waals surface area (Å²) in [5.41, 5.74) is 3.47. The third kappa shape index (κ3) is 16.9. The van der Waals surface area contributed by atoms with Crippen LogP contribution in [-0.4, -0.2) is 185 Å². The summed E-state index contributed by atoms with van der Waals surface area (Å²) in [6.45, 7) is 1.67. The molecule has 0 aromatic heterocycles. The van der Waals surface area contributed by atoms with E-state index < -0.39 is 29.9 Å². The van der Waals surface area contributed by atoms with Gasteiger partial charge in [0.15, 0.2) is 0 Å². The molecule has 1 aliphatic heterocycles. The van der Waals surface area contributed by atoms with Crippen LogP contribution >= 0.6 is 12.2 Å². The van der Waals surface area contributed by atoms with Gasteiger partial charge in [0.25, 0.3) is 5.91 Å². The van der Waals surface area contributed by atoms with E-state index in [0.717, 1.165) is 28.1 Å². The molecule has 2 aromatic rings. The van der Waals surface area contributed by atoms with Crippen molar-refractivity contribution in [1.29, 1.82) is 0 Å². The van der Waals surface area contributed by atoms with Crippen molar-refractivity contribution in [1.82, 2.24) is 29.8 Å². The van der Waals surface area contributed by atoms with Crippen LogP contribution in [0, 0.1) is 0 Å². The molecule has 1 heterocycles. The number of hydrogen-bond donors (Lipinski definition) is 5. The van der Waals surface area contributed by atoms with Gasteiger partial charge in [-0.2, -0.15) is 0 Å². The average molecular weight is 757 g/mol. The highest BCUT2D eigenvalue weighted by Gasteiger charge is 2.27. The summed E-state index contributed by atoms with van der Waals surface area (Å²) in [7, 11) is 3.89. The molecule has 16 heteroatoms. The van der Waals surface area contributed by atoms with Gasteiger partial charge in [-0.25, -0.2) is 0 Å². The van der Waals surface area contributed by atoms with Gasteiger partial charge in [-0.15, -0.1) is 0 Å². The van der Waals surface area contributed by atoms with Gasteiger partial charge in [-0.3, -0.25) is 43.6 Å². The Kier molecular flexibility index (Phi) is 17.9. The topological polar surface area (TPSA) is 194 Å². The number of amides is 1. The molecule has 1 saturated heterocycles. The van der Waals surface area contributed by atoms with Crippen LogP contribution in [0.1, 0.15) is 27.0 Å². The van der Waals surface area contributed by atoms with Gasteiger partial charge in [-0.1, -0.05) is 48.6 Å². The molecule has 1 atom stereocenters. The van der Waals surface area contributed by atoms with E-state index in [-0.39, 0.29) is 77.9 Å². The second-order valence-electron chi connectivity index (χ2n) is 13.7. The number of hydrogen-bond acceptors (Lipinski definition) is 11. The minimum atomic E-state index is -1.06. The second-order valence-corrected chi connectivity index (χ2v) is 14.2. The maximum Gasteiger partial charge on any atom is 0.317 e. The van der Waals surface area contributed by atoms with E-state index in [1.54, 1.807) is 31.7 Å². The van der Waals surface area contributed by atoms with Crippen LogP contribution in [0.5, 0.6) is 0 Å². The van der Waals surface area contributed by atoms with E-state index >= 15 is 0 Å². The summed E-state index contributed by atoms with van der Waals surface area (Å²) in [5.74, 6) is -4.35. The second kappa shape index (κ2) is 22.0. The van der Waals surface area contributed by atoms with Crippen molar-refractivity contribution in [2.24, 2.45) is 0 Å². The Morgan fingerprint density at radius 2 is 1.09 bits per heavy atom. The van der Waals surface area contributed by atoms with E-state index in [2.05, 4.69) is 5.32 Å². The molecule has 0 bridgehead atoms. The van der Waals surface area contributed by atoms with Crippen LogP contribution in [0.4, 0.5) is 0 Å². The largest absolute Gasteiger partial charge is 0.480 e. The van der Waals surface area contributed by atoms with Gasteiger partial charge >= 0.3 is 23.9 Å². The first-order chi connectivity index (χ1) is 25.2. The molecule has 1 fully saturated rings. The number of benzene rings is 2. The number of carboxylic acid groups (broad SMARTS) is 4. The van der Waals surface area contributed by atoms with Gasteiger partial charge in [-0.05, 0) is 49.3 Å². The number of rotatable bonds is 18. The highest BCUT2D eigenvalue weighted by Crippen LogP contribution is 2.16. The maximum absolute atomic E-state index is 12.4. The zero-order chi connectivity index (χ0) is 38.9. The smallest absolute Gasteiger partial charge is 0.317 e. The normalized spacial score (nSPS) is 17.1. The Labute approximate surface area is 315 Å². The average Bonchev–Trinajstić information content (AvgIpc) is 3.06. The number of carboxylic acids is 4. The van der Waals surface area contributed by atoms with Crippen LogP contribution < -0.4 is 5.32 Å². The summed E-state index contributed by atoms with van der Waals surface area (Å²) >= 11 is 5.71. The fourth-order valence-corrected chi connectivity index (χ4v) is 6.54. The van der Waals surface area contributed by atoms with E-state index in [4.69, 9.17) is 12.2 Å². The number of carbonyl (C=O) groups excluding carboxylic acids is 1. The maximum atomic E-state index is 12.4. The molecule has 5 N–H and O–H groups in total. The van der Waals surface area contributed by atoms with E-state index in [1.807, 2.05) is 55.4 Å². The minimum absolute atomic E-state index is 0.124. The summed E-state index contributed by atoms with van der Waals surface area (Å²) in [5, 5.41) is 41.4. The van der Waals surface area contributed by atoms with Crippen LogP contribution in [0.3, 0.4) is 0 Å². The van der Waals surface area contributed by atoms with Gasteiger partial charge < -0.3 is 30.6 Å². The van der Waals surface area contributed by atoms with Crippen molar-refractivity contribution < 1.29 is 44.4 Å². The van der Waals surface area contributed by atoms with E-state index in [1.165, 1.54) is 0 Å². The van der Waals surface area contributed by atoms with Gasteiger partial charge in [0.05, 0.1) is 26.2 Å². The SMILES string of the molecule is CN(C)CCNC(=O)c1ccc(CC(=S)Cc2ccc(CC3CN(CC(=O)O)CCN(CC(=O)O)CCN(CC(=O)O)CCN3CC(=O)O)cc2)cc1. The van der Waals surface area contributed by atoms with Crippen LogP contribution in [0.2, 0.25) is 0 Å². The molecular formula is C37H52N6O9S. The molecular weight excluding hydrogens is 705 g/mol. The van der Waals surface area contributed by atoms with Crippen LogP contribution in [0.25, 0.3) is 0 Å².